The number of rotatable bonds is 2. The van der Waals surface area contributed by atoms with Crippen LogP contribution in [0.15, 0.2) is 0 Å². The normalized spacial score (nSPS) is 8.22. The Labute approximate surface area is 60.8 Å². The average Bonchev–Trinajstić information content (AvgIpc) is 1.64. The van der Waals surface area contributed by atoms with E-state index in [0.717, 1.165) is 0 Å². The van der Waals surface area contributed by atoms with Crippen LogP contribution in [0.5, 0.6) is 0 Å². The van der Waals surface area contributed by atoms with Crippen LogP contribution in [-0.2, 0) is 26.7 Å². The Bertz CT molecular complexity index is 107. The number of aliphatic hydroxyl groups is 1. The van der Waals surface area contributed by atoms with Crippen molar-refractivity contribution in [1.82, 2.24) is 0 Å². The molecule has 0 aromatic heterocycles. The Morgan fingerprint density at radius 1 is 1.22 bits per heavy atom. The van der Waals surface area contributed by atoms with Crippen LogP contribution in [0.3, 0.4) is 0 Å². The molecule has 0 bridgehead atoms. The second-order valence-electron chi connectivity index (χ2n) is 1.04. The van der Waals surface area contributed by atoms with Crippen LogP contribution >= 0.6 is 0 Å². The summed E-state index contributed by atoms with van der Waals surface area (Å²) in [5.41, 5.74) is 0. The summed E-state index contributed by atoms with van der Waals surface area (Å²) < 4.78 is 0. The number of hydrogen-bond donors (Lipinski definition) is 1. The molecule has 0 aliphatic carbocycles. The summed E-state index contributed by atoms with van der Waals surface area (Å²) in [6.07, 6.45) is -2.52. The molecule has 0 saturated carbocycles. The van der Waals surface area contributed by atoms with Crippen LogP contribution < -0.4 is 10.2 Å². The first-order valence-corrected chi connectivity index (χ1v) is 1.65. The van der Waals surface area contributed by atoms with Gasteiger partial charge in [-0.15, -0.1) is 0 Å². The van der Waals surface area contributed by atoms with E-state index in [1.165, 1.54) is 0 Å². The molecule has 0 atom stereocenters. The van der Waals surface area contributed by atoms with Gasteiger partial charge in [0.1, 0.15) is 6.10 Å². The number of carbonyl (C=O) groups excluding carboxylic acids is 2. The van der Waals surface area contributed by atoms with Crippen molar-refractivity contribution in [2.45, 2.75) is 6.10 Å². The fraction of sp³-hybridized carbons (Fsp3) is 0.333. The quantitative estimate of drug-likeness (QED) is 0.337. The molecule has 1 N–H and O–H groups in total. The molecule has 6 heteroatoms. The van der Waals surface area contributed by atoms with E-state index in [1.54, 1.807) is 0 Å². The van der Waals surface area contributed by atoms with Crippen LogP contribution in [0, 0.1) is 0 Å². The van der Waals surface area contributed by atoms with Crippen molar-refractivity contribution in [3.05, 3.63) is 0 Å². The fourth-order valence-electron chi connectivity index (χ4n) is 0.0962. The van der Waals surface area contributed by atoms with E-state index in [2.05, 4.69) is 0 Å². The molecule has 0 amide bonds. The molecular formula is C3H2MnO5. The van der Waals surface area contributed by atoms with Gasteiger partial charge in [0, 0.05) is 0 Å². The van der Waals surface area contributed by atoms with Gasteiger partial charge in [0.05, 0.1) is 11.9 Å². The third kappa shape index (κ3) is 3.96. The van der Waals surface area contributed by atoms with Gasteiger partial charge in [0.2, 0.25) is 0 Å². The summed E-state index contributed by atoms with van der Waals surface area (Å²) >= 11 is 0. The van der Waals surface area contributed by atoms with E-state index in [1.807, 2.05) is 0 Å². The Balaban J connectivity index is 0. The summed E-state index contributed by atoms with van der Waals surface area (Å²) in [6.45, 7) is 0. The van der Waals surface area contributed by atoms with E-state index in [4.69, 9.17) is 5.11 Å². The molecule has 1 radical (unpaired) electrons. The van der Waals surface area contributed by atoms with Gasteiger partial charge in [0.25, 0.3) is 0 Å². The Morgan fingerprint density at radius 3 is 1.44 bits per heavy atom. The number of aliphatic hydroxyl groups excluding tert-OH is 1. The van der Waals surface area contributed by atoms with E-state index in [9.17, 15) is 19.8 Å². The van der Waals surface area contributed by atoms with Crippen molar-refractivity contribution in [3.8, 4) is 0 Å². The molecule has 51 valence electrons. The van der Waals surface area contributed by atoms with Gasteiger partial charge in [-0.3, -0.25) is 0 Å². The van der Waals surface area contributed by atoms with Crippen molar-refractivity contribution >= 4 is 11.9 Å². The van der Waals surface area contributed by atoms with Crippen LogP contribution in [0.1, 0.15) is 0 Å². The summed E-state index contributed by atoms with van der Waals surface area (Å²) in [5, 5.41) is 26.6. The third-order valence-electron chi connectivity index (χ3n) is 0.447. The van der Waals surface area contributed by atoms with E-state index < -0.39 is 18.0 Å². The monoisotopic (exact) mass is 173 g/mol. The number of carboxylic acids is 2. The molecule has 0 unspecified atom stereocenters. The maximum atomic E-state index is 9.36. The average molecular weight is 173 g/mol. The zero-order chi connectivity index (χ0) is 6.73. The minimum atomic E-state index is -2.52. The first-order chi connectivity index (χ1) is 3.55. The number of carboxylic acid groups (broad SMARTS) is 2. The Morgan fingerprint density at radius 2 is 1.44 bits per heavy atom. The molecule has 0 aromatic carbocycles. The number of aliphatic carboxylic acids is 2. The van der Waals surface area contributed by atoms with Gasteiger partial charge in [-0.05, 0) is 0 Å². The Hall–Kier alpha value is -0.581. The second-order valence-corrected chi connectivity index (χ2v) is 1.04. The molecule has 0 saturated heterocycles. The second kappa shape index (κ2) is 4.31. The van der Waals surface area contributed by atoms with Gasteiger partial charge in [-0.1, -0.05) is 0 Å². The first kappa shape index (κ1) is 11.2. The summed E-state index contributed by atoms with van der Waals surface area (Å²) in [4.78, 5) is 18.7. The van der Waals surface area contributed by atoms with E-state index in [-0.39, 0.29) is 17.1 Å². The minimum Gasteiger partial charge on any atom is -0.547 e. The molecule has 9 heavy (non-hydrogen) atoms. The maximum Gasteiger partial charge on any atom is 2.00 e. The molecule has 0 spiro atoms. The van der Waals surface area contributed by atoms with Crippen molar-refractivity contribution < 1.29 is 42.0 Å². The first-order valence-electron chi connectivity index (χ1n) is 1.65. The molecule has 0 aliphatic heterocycles. The summed E-state index contributed by atoms with van der Waals surface area (Å²) in [5.74, 6) is -4.13. The van der Waals surface area contributed by atoms with Gasteiger partial charge in [-0.2, -0.15) is 0 Å². The molecule has 0 heterocycles. The van der Waals surface area contributed by atoms with E-state index in [0.29, 0.717) is 0 Å². The SMILES string of the molecule is O=C([O-])C(O)C(=O)[O-].[Mn+2]. The molecule has 0 aromatic rings. The van der Waals surface area contributed by atoms with Crippen LogP contribution in [-0.4, -0.2) is 23.1 Å². The van der Waals surface area contributed by atoms with Crippen LogP contribution in [0.25, 0.3) is 0 Å². The van der Waals surface area contributed by atoms with E-state index >= 15 is 0 Å². The zero-order valence-electron chi connectivity index (χ0n) is 4.04. The molecule has 5 nitrogen and oxygen atoms in total. The smallest absolute Gasteiger partial charge is 0.547 e. The van der Waals surface area contributed by atoms with Gasteiger partial charge in [-0.25, -0.2) is 0 Å². The van der Waals surface area contributed by atoms with Crippen molar-refractivity contribution in [2.24, 2.45) is 0 Å². The topological polar surface area (TPSA) is 100 Å². The molecule has 0 fully saturated rings. The molecule has 0 aliphatic rings. The summed E-state index contributed by atoms with van der Waals surface area (Å²) in [7, 11) is 0. The number of carbonyl (C=O) groups is 2. The van der Waals surface area contributed by atoms with Gasteiger partial charge in [0.15, 0.2) is 0 Å². The number of hydrogen-bond acceptors (Lipinski definition) is 5. The molecule has 0 rings (SSSR count). The minimum absolute atomic E-state index is 0. The maximum absolute atomic E-state index is 9.36. The zero-order valence-corrected chi connectivity index (χ0v) is 5.22. The third-order valence-corrected chi connectivity index (χ3v) is 0.447. The molecular weight excluding hydrogens is 171 g/mol. The van der Waals surface area contributed by atoms with Crippen molar-refractivity contribution in [1.29, 1.82) is 0 Å². The van der Waals surface area contributed by atoms with Crippen molar-refractivity contribution in [2.75, 3.05) is 0 Å². The predicted molar refractivity (Wildman–Crippen MR) is 16.0 cm³/mol. The fourth-order valence-corrected chi connectivity index (χ4v) is 0.0962. The largest absolute Gasteiger partial charge is 2.00 e. The standard InChI is InChI=1S/C3H4O5.Mn/c4-1(2(5)6)3(7)8;/h1,4H,(H,5,6)(H,7,8);/q;+2/p-2. The summed E-state index contributed by atoms with van der Waals surface area (Å²) in [6, 6.07) is 0. The predicted octanol–water partition coefficient (Wildman–Crippen LogP) is -4.16. The van der Waals surface area contributed by atoms with Gasteiger partial charge < -0.3 is 24.9 Å². The van der Waals surface area contributed by atoms with Crippen LogP contribution in [0.4, 0.5) is 0 Å². The Kier molecular flexibility index (Phi) is 5.39. The van der Waals surface area contributed by atoms with Gasteiger partial charge >= 0.3 is 17.1 Å². The van der Waals surface area contributed by atoms with Crippen molar-refractivity contribution in [3.63, 3.8) is 0 Å². The van der Waals surface area contributed by atoms with Crippen LogP contribution in [0.2, 0.25) is 0 Å².